The van der Waals surface area contributed by atoms with Gasteiger partial charge in [0.1, 0.15) is 29.0 Å². The van der Waals surface area contributed by atoms with Gasteiger partial charge >= 0.3 is 0 Å². The highest BCUT2D eigenvalue weighted by Gasteiger charge is 2.36. The molecule has 1 atom stereocenters. The lowest BCUT2D eigenvalue weighted by atomic mass is 10.2. The number of hydrogen-bond donors (Lipinski definition) is 3. The Morgan fingerprint density at radius 1 is 1.34 bits per heavy atom. The smallest absolute Gasteiger partial charge is 0.266 e. The van der Waals surface area contributed by atoms with Gasteiger partial charge in [-0.2, -0.15) is 4.31 Å². The van der Waals surface area contributed by atoms with Crippen molar-refractivity contribution in [2.24, 2.45) is 5.73 Å². The van der Waals surface area contributed by atoms with Crippen molar-refractivity contribution < 1.29 is 22.7 Å². The Labute approximate surface area is 207 Å². The van der Waals surface area contributed by atoms with E-state index in [2.05, 4.69) is 15.1 Å². The number of sulfonamides is 1. The first kappa shape index (κ1) is 24.8. The summed E-state index contributed by atoms with van der Waals surface area (Å²) < 4.78 is 40.3. The average Bonchev–Trinajstić information content (AvgIpc) is 3.24. The Morgan fingerprint density at radius 2 is 2.11 bits per heavy atom. The number of ether oxygens (including phenoxy) is 2. The number of aromatic amines is 1. The Bertz CT molecular complexity index is 1370. The second-order valence-electron chi connectivity index (χ2n) is 7.86. The van der Waals surface area contributed by atoms with Crippen LogP contribution in [0.3, 0.4) is 0 Å². The summed E-state index contributed by atoms with van der Waals surface area (Å²) in [5.74, 6) is -0.267. The summed E-state index contributed by atoms with van der Waals surface area (Å²) in [6.07, 6.45) is -0.504. The lowest BCUT2D eigenvalue weighted by Crippen LogP contribution is -2.47. The van der Waals surface area contributed by atoms with E-state index < -0.39 is 22.0 Å². The summed E-state index contributed by atoms with van der Waals surface area (Å²) in [5.41, 5.74) is 6.16. The van der Waals surface area contributed by atoms with Crippen LogP contribution in [-0.4, -0.2) is 69.1 Å². The third-order valence-electron chi connectivity index (χ3n) is 5.49. The van der Waals surface area contributed by atoms with Gasteiger partial charge in [0, 0.05) is 23.5 Å². The van der Waals surface area contributed by atoms with Crippen LogP contribution in [0.2, 0.25) is 5.02 Å². The normalized spacial score (nSPS) is 16.6. The second-order valence-corrected chi connectivity index (χ2v) is 10.2. The lowest BCUT2D eigenvalue weighted by molar-refractivity contribution is -0.0249. The first-order chi connectivity index (χ1) is 16.8. The van der Waals surface area contributed by atoms with E-state index in [9.17, 15) is 13.2 Å². The molecule has 0 bridgehead atoms. The number of hydrogen-bond acceptors (Lipinski definition) is 6. The van der Waals surface area contributed by atoms with E-state index in [1.807, 2.05) is 18.2 Å². The molecule has 2 aromatic carbocycles. The van der Waals surface area contributed by atoms with Crippen LogP contribution in [0.25, 0.3) is 15.7 Å². The number of para-hydroxylation sites is 1. The fraction of sp³-hybridized carbons (Fsp3) is 0.304. The molecule has 2 heterocycles. The summed E-state index contributed by atoms with van der Waals surface area (Å²) in [7, 11) is -4.16. The largest absolute Gasteiger partial charge is 0.491 e. The number of aromatic nitrogens is 1. The van der Waals surface area contributed by atoms with Crippen LogP contribution in [-0.2, 0) is 14.8 Å². The van der Waals surface area contributed by atoms with Crippen molar-refractivity contribution in [2.45, 2.75) is 11.0 Å². The van der Waals surface area contributed by atoms with Crippen LogP contribution in [0.15, 0.2) is 47.4 Å². The molecule has 1 aromatic heterocycles. The standard InChI is InChI=1S/C23H24ClN5O5S/c1-26-7-8-27-19-12-15(24)11-18-20(19)28-21(23(25)30)22(18)35(31,32)29-9-10-33-17(13-29)14-34-16-5-3-2-4-6-16/h2-6,11-12,17,27-28H,7-10,13-14H2,(H2,25,30)/t17-/m0/s1. The minimum Gasteiger partial charge on any atom is -0.491 e. The first-order valence-electron chi connectivity index (χ1n) is 10.8. The molecule has 1 aliphatic heterocycles. The van der Waals surface area contributed by atoms with E-state index >= 15 is 0 Å². The number of H-pyrrole nitrogens is 1. The predicted molar refractivity (Wildman–Crippen MR) is 132 cm³/mol. The van der Waals surface area contributed by atoms with Crippen molar-refractivity contribution in [3.05, 3.63) is 64.6 Å². The summed E-state index contributed by atoms with van der Waals surface area (Å²) in [4.78, 5) is 18.2. The number of primary amides is 1. The van der Waals surface area contributed by atoms with Crippen molar-refractivity contribution in [3.8, 4) is 5.75 Å². The number of anilines is 1. The molecule has 10 nitrogen and oxygen atoms in total. The van der Waals surface area contributed by atoms with Gasteiger partial charge in [-0.3, -0.25) is 4.79 Å². The van der Waals surface area contributed by atoms with E-state index in [1.165, 1.54) is 10.4 Å². The SMILES string of the molecule is [C-]#[N+]CCNc1cc(Cl)cc2c(S(=O)(=O)N3CCO[C@H](COc4ccccc4)C3)c(C(N)=O)[nH]c12. The van der Waals surface area contributed by atoms with Crippen LogP contribution in [0, 0.1) is 6.57 Å². The average molecular weight is 518 g/mol. The van der Waals surface area contributed by atoms with Crippen molar-refractivity contribution in [3.63, 3.8) is 0 Å². The van der Waals surface area contributed by atoms with Crippen molar-refractivity contribution in [1.82, 2.24) is 9.29 Å². The molecular weight excluding hydrogens is 494 g/mol. The van der Waals surface area contributed by atoms with E-state index in [0.29, 0.717) is 23.5 Å². The lowest BCUT2D eigenvalue weighted by Gasteiger charge is -2.32. The van der Waals surface area contributed by atoms with Crippen molar-refractivity contribution in [1.29, 1.82) is 0 Å². The van der Waals surface area contributed by atoms with Gasteiger partial charge in [0.05, 0.1) is 24.4 Å². The number of fused-ring (bicyclic) bond motifs is 1. The minimum atomic E-state index is -4.16. The van der Waals surface area contributed by atoms with Crippen molar-refractivity contribution >= 4 is 44.1 Å². The number of morpholine rings is 1. The number of amides is 1. The summed E-state index contributed by atoms with van der Waals surface area (Å²) in [6.45, 7) is 7.94. The number of nitrogens with two attached hydrogens (primary N) is 1. The van der Waals surface area contributed by atoms with Crippen LogP contribution in [0.1, 0.15) is 10.5 Å². The Balaban J connectivity index is 1.66. The summed E-state index contributed by atoms with van der Waals surface area (Å²) in [5, 5.41) is 3.56. The zero-order valence-electron chi connectivity index (χ0n) is 18.7. The number of halogens is 1. The molecule has 0 saturated carbocycles. The summed E-state index contributed by atoms with van der Waals surface area (Å²) >= 11 is 6.28. The van der Waals surface area contributed by atoms with Crippen LogP contribution >= 0.6 is 11.6 Å². The highest BCUT2D eigenvalue weighted by Crippen LogP contribution is 2.36. The van der Waals surface area contributed by atoms with Crippen molar-refractivity contribution in [2.75, 3.05) is 44.7 Å². The number of benzene rings is 2. The number of nitrogens with zero attached hydrogens (tertiary/aromatic N) is 2. The molecule has 4 rings (SSSR count). The number of rotatable bonds is 9. The maximum Gasteiger partial charge on any atom is 0.266 e. The fourth-order valence-electron chi connectivity index (χ4n) is 3.91. The fourth-order valence-corrected chi connectivity index (χ4v) is 5.91. The monoisotopic (exact) mass is 517 g/mol. The molecule has 3 aromatic rings. The summed E-state index contributed by atoms with van der Waals surface area (Å²) in [6, 6.07) is 12.2. The second kappa shape index (κ2) is 10.5. The molecule has 4 N–H and O–H groups in total. The Hall–Kier alpha value is -3.30. The van der Waals surface area contributed by atoms with Gasteiger partial charge < -0.3 is 30.4 Å². The Morgan fingerprint density at radius 3 is 2.83 bits per heavy atom. The number of carbonyl (C=O) groups is 1. The van der Waals surface area contributed by atoms with Gasteiger partial charge in [-0.15, -0.1) is 0 Å². The van der Waals surface area contributed by atoms with Crippen LogP contribution in [0.4, 0.5) is 5.69 Å². The third kappa shape index (κ3) is 5.36. The molecule has 0 spiro atoms. The molecule has 0 aliphatic carbocycles. The third-order valence-corrected chi connectivity index (χ3v) is 7.66. The minimum absolute atomic E-state index is 0.0384. The molecule has 0 radical (unpaired) electrons. The van der Waals surface area contributed by atoms with Crippen LogP contribution in [0.5, 0.6) is 5.75 Å². The molecule has 0 unspecified atom stereocenters. The molecule has 1 amide bonds. The van der Waals surface area contributed by atoms with E-state index in [4.69, 9.17) is 33.4 Å². The number of nitrogens with one attached hydrogen (secondary N) is 2. The molecule has 1 fully saturated rings. The highest BCUT2D eigenvalue weighted by atomic mass is 35.5. The molecule has 1 aliphatic rings. The molecular formula is C23H24ClN5O5S. The van der Waals surface area contributed by atoms with Gasteiger partial charge in [0.15, 0.2) is 0 Å². The quantitative estimate of drug-likeness (QED) is 0.295. The van der Waals surface area contributed by atoms with Gasteiger partial charge in [-0.05, 0) is 24.3 Å². The topological polar surface area (TPSA) is 131 Å². The number of carbonyl (C=O) groups excluding carboxylic acids is 1. The Kier molecular flexibility index (Phi) is 7.47. The maximum atomic E-state index is 13.8. The van der Waals surface area contributed by atoms with Gasteiger partial charge in [-0.25, -0.2) is 15.0 Å². The van der Waals surface area contributed by atoms with Gasteiger partial charge in [-0.1, -0.05) is 29.8 Å². The van der Waals surface area contributed by atoms with E-state index in [1.54, 1.807) is 18.2 Å². The zero-order chi connectivity index (χ0) is 25.0. The van der Waals surface area contributed by atoms with Gasteiger partial charge in [0.2, 0.25) is 16.6 Å². The molecule has 1 saturated heterocycles. The molecule has 35 heavy (non-hydrogen) atoms. The van der Waals surface area contributed by atoms with Crippen LogP contribution < -0.4 is 15.8 Å². The van der Waals surface area contributed by atoms with E-state index in [0.717, 1.165) is 0 Å². The molecule has 12 heteroatoms. The predicted octanol–water partition coefficient (Wildman–Crippen LogP) is 2.72. The highest BCUT2D eigenvalue weighted by molar-refractivity contribution is 7.89. The van der Waals surface area contributed by atoms with Gasteiger partial charge in [0.25, 0.3) is 5.91 Å². The first-order valence-corrected chi connectivity index (χ1v) is 12.6. The van der Waals surface area contributed by atoms with E-state index in [-0.39, 0.29) is 53.8 Å². The zero-order valence-corrected chi connectivity index (χ0v) is 20.2. The maximum absolute atomic E-state index is 13.8. The molecule has 184 valence electrons.